The fraction of sp³-hybridized carbons (Fsp3) is 0.143. The van der Waals surface area contributed by atoms with Crippen molar-refractivity contribution >= 4 is 5.97 Å². The largest absolute Gasteiger partial charge is 0.591 e. The first-order chi connectivity index (χ1) is 9.32. The van der Waals surface area contributed by atoms with Crippen LogP contribution in [0.3, 0.4) is 0 Å². The average Bonchev–Trinajstić information content (AvgIpc) is 2.40. The van der Waals surface area contributed by atoms with Gasteiger partial charge in [-0.25, -0.2) is 0 Å². The van der Waals surface area contributed by atoms with Gasteiger partial charge in [-0.2, -0.15) is 13.2 Å². The van der Waals surface area contributed by atoms with Crippen molar-refractivity contribution in [3.05, 3.63) is 54.2 Å². The topological polar surface area (TPSA) is 54.5 Å². The third-order valence-electron chi connectivity index (χ3n) is 2.24. The van der Waals surface area contributed by atoms with Crippen LogP contribution in [0.4, 0.5) is 13.2 Å². The Morgan fingerprint density at radius 3 is 2.29 bits per heavy atom. The molecule has 0 amide bonds. The van der Waals surface area contributed by atoms with Crippen LogP contribution in [0.5, 0.6) is 0 Å². The third-order valence-corrected chi connectivity index (χ3v) is 2.24. The van der Waals surface area contributed by atoms with Crippen LogP contribution in [0.1, 0.15) is 5.56 Å². The number of halogens is 3. The van der Waals surface area contributed by atoms with E-state index in [1.807, 2.05) is 30.3 Å². The zero-order valence-corrected chi connectivity index (χ0v) is 13.2. The fourth-order valence-electron chi connectivity index (χ4n) is 1.31. The normalized spacial score (nSPS) is 9.90. The molecule has 0 aliphatic rings. The smallest absolute Gasteiger partial charge is 0.332 e. The molecule has 2 N–H and O–H groups in total. The Labute approximate surface area is 133 Å². The van der Waals surface area contributed by atoms with E-state index in [0.717, 1.165) is 11.3 Å². The molecule has 0 unspecified atom stereocenters. The van der Waals surface area contributed by atoms with Gasteiger partial charge < -0.3 is 14.9 Å². The maximum atomic E-state index is 10.6. The molecule has 0 bridgehead atoms. The molecule has 0 saturated carbocycles. The number of carboxylic acids is 1. The van der Waals surface area contributed by atoms with Crippen LogP contribution in [0.2, 0.25) is 0 Å². The minimum atomic E-state index is -4.97. The van der Waals surface area contributed by atoms with E-state index in [4.69, 9.17) is 9.90 Å². The van der Waals surface area contributed by atoms with Gasteiger partial charge in [0.15, 0.2) is 0 Å². The van der Waals surface area contributed by atoms with Gasteiger partial charge in [-0.15, -0.1) is 35.4 Å². The number of benzene rings is 1. The molecular formula is C14H12F3IrNO2. The Morgan fingerprint density at radius 2 is 1.86 bits per heavy atom. The summed E-state index contributed by atoms with van der Waals surface area (Å²) < 4.78 is 31.9. The molecular weight excluding hydrogens is 463 g/mol. The van der Waals surface area contributed by atoms with Crippen molar-refractivity contribution in [1.82, 2.24) is 4.98 Å². The van der Waals surface area contributed by atoms with Crippen LogP contribution in [0.25, 0.3) is 11.3 Å². The van der Waals surface area contributed by atoms with Crippen molar-refractivity contribution < 1.29 is 43.2 Å². The van der Waals surface area contributed by atoms with Crippen molar-refractivity contribution in [2.24, 2.45) is 0 Å². The van der Waals surface area contributed by atoms with Gasteiger partial charge in [0.25, 0.3) is 0 Å². The van der Waals surface area contributed by atoms with Crippen molar-refractivity contribution in [1.29, 1.82) is 0 Å². The van der Waals surface area contributed by atoms with Gasteiger partial charge in [-0.1, -0.05) is 19.1 Å². The standard InChI is InChI=1S/C12H10N.C2HF3O2.Ir/c1-10-6-2-3-7-11(10)12-8-4-5-9-13-12;3-2(4,5)1(6)7;/h2-6,8-9H,1H3;(H,6,7);/q-1;;/p+1. The van der Waals surface area contributed by atoms with E-state index in [-0.39, 0.29) is 20.1 Å². The number of nitrogens with zero attached hydrogens (tertiary/aromatic N) is 1. The third kappa shape index (κ3) is 6.51. The molecule has 0 fully saturated rings. The zero-order valence-electron chi connectivity index (χ0n) is 10.9. The monoisotopic (exact) mass is 476 g/mol. The average molecular weight is 475 g/mol. The summed E-state index contributed by atoms with van der Waals surface area (Å²) in [6.07, 6.45) is -3.17. The summed E-state index contributed by atoms with van der Waals surface area (Å²) >= 11 is 0. The van der Waals surface area contributed by atoms with E-state index < -0.39 is 12.1 Å². The number of rotatable bonds is 1. The maximum absolute atomic E-state index is 10.6. The molecule has 7 heteroatoms. The number of hydrogen-bond donors (Lipinski definition) is 1. The van der Waals surface area contributed by atoms with Crippen LogP contribution >= 0.6 is 0 Å². The second kappa shape index (κ2) is 8.54. The van der Waals surface area contributed by atoms with Crippen LogP contribution in [0.15, 0.2) is 42.6 Å². The number of aliphatic carboxylic acids is 1. The predicted molar refractivity (Wildman–Crippen MR) is 68.9 cm³/mol. The van der Waals surface area contributed by atoms with Crippen LogP contribution in [0, 0.1) is 13.0 Å². The number of aryl methyl sites for hydroxylation is 1. The first-order valence-electron chi connectivity index (χ1n) is 5.53. The van der Waals surface area contributed by atoms with Gasteiger partial charge in [0, 0.05) is 26.3 Å². The summed E-state index contributed by atoms with van der Waals surface area (Å²) in [5.41, 5.74) is 3.28. The Balaban J connectivity index is 0.000000436. The predicted octanol–water partition coefficient (Wildman–Crippen LogP) is 3.46. The number of aliphatic hydroxyl groups excluding tert-OH is 1. The number of aromatic nitrogens is 1. The molecule has 1 radical (unpaired) electrons. The molecule has 1 aromatic heterocycles. The molecule has 2 aromatic rings. The number of alkyl halides is 3. The Morgan fingerprint density at radius 1 is 1.24 bits per heavy atom. The molecule has 2 rings (SSSR count). The van der Waals surface area contributed by atoms with Crippen LogP contribution < -0.4 is 0 Å². The molecule has 3 nitrogen and oxygen atoms in total. The van der Waals surface area contributed by atoms with E-state index in [9.17, 15) is 13.2 Å². The molecule has 0 spiro atoms. The molecule has 21 heavy (non-hydrogen) atoms. The summed E-state index contributed by atoms with van der Waals surface area (Å²) in [6.45, 7) is 2.07. The molecule has 0 aliphatic heterocycles. The van der Waals surface area contributed by atoms with Gasteiger partial charge in [0.05, 0.1) is 0 Å². The summed E-state index contributed by atoms with van der Waals surface area (Å²) in [4.78, 5) is 11.5. The molecule has 1 heterocycles. The quantitative estimate of drug-likeness (QED) is 0.508. The van der Waals surface area contributed by atoms with E-state index in [1.54, 1.807) is 6.20 Å². The first-order valence-corrected chi connectivity index (χ1v) is 5.53. The summed E-state index contributed by atoms with van der Waals surface area (Å²) in [7, 11) is 0. The van der Waals surface area contributed by atoms with Crippen molar-refractivity contribution in [3.63, 3.8) is 0 Å². The van der Waals surface area contributed by atoms with Crippen LogP contribution in [-0.4, -0.2) is 27.0 Å². The number of hydrogen-bond acceptors (Lipinski definition) is 1. The minimum absolute atomic E-state index is 0. The summed E-state index contributed by atoms with van der Waals surface area (Å²) in [6, 6.07) is 15.1. The summed E-state index contributed by atoms with van der Waals surface area (Å²) in [5, 5.41) is 7.24. The second-order valence-corrected chi connectivity index (χ2v) is 3.76. The first kappa shape index (κ1) is 19.3. The van der Waals surface area contributed by atoms with Gasteiger partial charge in [-0.05, 0) is 11.8 Å². The Bertz CT molecular complexity index is 574. The van der Waals surface area contributed by atoms with Gasteiger partial charge >= 0.3 is 12.1 Å². The molecule has 0 aliphatic carbocycles. The van der Waals surface area contributed by atoms with Gasteiger partial charge in [0.1, 0.15) is 0 Å². The van der Waals surface area contributed by atoms with E-state index in [0.29, 0.717) is 0 Å². The van der Waals surface area contributed by atoms with E-state index in [2.05, 4.69) is 24.0 Å². The van der Waals surface area contributed by atoms with Gasteiger partial charge in [-0.3, -0.25) is 0 Å². The van der Waals surface area contributed by atoms with Crippen molar-refractivity contribution in [3.8, 4) is 11.3 Å². The SMILES string of the molecule is Cc1ccc[c-]c1-c1ccccn1.OC(=[OH+])C(F)(F)F.[Ir]. The van der Waals surface area contributed by atoms with Crippen LogP contribution in [-0.2, 0) is 20.1 Å². The van der Waals surface area contributed by atoms with E-state index in [1.165, 1.54) is 5.56 Å². The Hall–Kier alpha value is -1.72. The zero-order chi connectivity index (χ0) is 15.2. The summed E-state index contributed by atoms with van der Waals surface area (Å²) in [5.74, 6) is -2.51. The van der Waals surface area contributed by atoms with Crippen molar-refractivity contribution in [2.45, 2.75) is 13.1 Å². The fourth-order valence-corrected chi connectivity index (χ4v) is 1.31. The Kier molecular flexibility index (Phi) is 7.84. The molecule has 1 aromatic carbocycles. The van der Waals surface area contributed by atoms with Crippen molar-refractivity contribution in [2.75, 3.05) is 0 Å². The maximum Gasteiger partial charge on any atom is 0.591 e. The second-order valence-electron chi connectivity index (χ2n) is 3.76. The molecule has 0 saturated heterocycles. The number of carboxylic acid groups (broad SMARTS) is 1. The number of pyridine rings is 1. The molecule has 0 atom stereocenters. The molecule has 115 valence electrons. The minimum Gasteiger partial charge on any atom is -0.332 e. The van der Waals surface area contributed by atoms with Gasteiger partial charge in [0.2, 0.25) is 0 Å². The van der Waals surface area contributed by atoms with E-state index >= 15 is 0 Å².